The average molecular weight is 436 g/mol. The first kappa shape index (κ1) is 22.1. The molecule has 4 rings (SSSR count). The lowest BCUT2D eigenvalue weighted by molar-refractivity contribution is 0.0593. The third-order valence-corrected chi connectivity index (χ3v) is 5.82. The minimum Gasteiger partial charge on any atom is -0.497 e. The fourth-order valence-corrected chi connectivity index (χ4v) is 4.39. The number of ether oxygens (including phenoxy) is 2. The van der Waals surface area contributed by atoms with Crippen molar-refractivity contribution in [3.63, 3.8) is 0 Å². The second kappa shape index (κ2) is 8.79. The van der Waals surface area contributed by atoms with Crippen molar-refractivity contribution in [2.45, 2.75) is 46.3 Å². The molecule has 0 saturated carbocycles. The molecule has 0 aliphatic carbocycles. The van der Waals surface area contributed by atoms with Gasteiger partial charge in [-0.2, -0.15) is 0 Å². The molecule has 0 fully saturated rings. The number of nitrogens with zero attached hydrogens (tertiary/aromatic N) is 1. The molecule has 0 N–H and O–H groups in total. The van der Waals surface area contributed by atoms with Crippen molar-refractivity contribution in [3.8, 4) is 5.75 Å². The first-order valence-corrected chi connectivity index (χ1v) is 11.0. The Morgan fingerprint density at radius 3 is 2.47 bits per heavy atom. The number of benzene rings is 2. The van der Waals surface area contributed by atoms with E-state index >= 15 is 0 Å². The van der Waals surface area contributed by atoms with Gasteiger partial charge in [-0.05, 0) is 69.0 Å². The van der Waals surface area contributed by atoms with Crippen molar-refractivity contribution in [2.75, 3.05) is 20.3 Å². The van der Waals surface area contributed by atoms with E-state index < -0.39 is 6.04 Å². The van der Waals surface area contributed by atoms with E-state index in [1.54, 1.807) is 12.0 Å². The number of amides is 1. The summed E-state index contributed by atoms with van der Waals surface area (Å²) >= 11 is 0. The van der Waals surface area contributed by atoms with E-state index in [1.165, 1.54) is 0 Å². The van der Waals surface area contributed by atoms with Crippen molar-refractivity contribution in [1.82, 2.24) is 4.90 Å². The van der Waals surface area contributed by atoms with E-state index in [1.807, 2.05) is 64.1 Å². The smallest absolute Gasteiger partial charge is 0.290 e. The van der Waals surface area contributed by atoms with Crippen molar-refractivity contribution in [3.05, 3.63) is 74.6 Å². The molecular formula is C26H29NO5. The van der Waals surface area contributed by atoms with Crippen molar-refractivity contribution in [1.29, 1.82) is 0 Å². The largest absolute Gasteiger partial charge is 0.497 e. The van der Waals surface area contributed by atoms with Crippen LogP contribution in [0.3, 0.4) is 0 Å². The molecule has 0 bridgehead atoms. The molecule has 1 aliphatic heterocycles. The fourth-order valence-electron chi connectivity index (χ4n) is 4.39. The molecule has 1 atom stereocenters. The van der Waals surface area contributed by atoms with Crippen LogP contribution in [0.15, 0.2) is 45.6 Å². The maximum atomic E-state index is 13.7. The predicted molar refractivity (Wildman–Crippen MR) is 124 cm³/mol. The second-order valence-corrected chi connectivity index (χ2v) is 8.58. The van der Waals surface area contributed by atoms with E-state index in [2.05, 4.69) is 0 Å². The topological polar surface area (TPSA) is 69.0 Å². The van der Waals surface area contributed by atoms with Gasteiger partial charge in [-0.1, -0.05) is 18.2 Å². The fraction of sp³-hybridized carbons (Fsp3) is 0.385. The number of aryl methyl sites for hydroxylation is 2. The Hall–Kier alpha value is -3.12. The molecule has 6 heteroatoms. The highest BCUT2D eigenvalue weighted by molar-refractivity contribution is 5.99. The lowest BCUT2D eigenvalue weighted by Gasteiger charge is -2.25. The summed E-state index contributed by atoms with van der Waals surface area (Å²) in [6.45, 7) is 8.80. The van der Waals surface area contributed by atoms with E-state index in [-0.39, 0.29) is 23.2 Å². The average Bonchev–Trinajstić information content (AvgIpc) is 3.04. The molecule has 0 spiro atoms. The maximum absolute atomic E-state index is 13.7. The summed E-state index contributed by atoms with van der Waals surface area (Å²) in [6, 6.07) is 10.8. The monoisotopic (exact) mass is 435 g/mol. The summed E-state index contributed by atoms with van der Waals surface area (Å²) in [5.74, 6) is 0.594. The predicted octanol–water partition coefficient (Wildman–Crippen LogP) is 4.78. The highest BCUT2D eigenvalue weighted by Crippen LogP contribution is 2.39. The van der Waals surface area contributed by atoms with Crippen LogP contribution in [0.5, 0.6) is 5.75 Å². The maximum Gasteiger partial charge on any atom is 0.290 e. The van der Waals surface area contributed by atoms with Crippen LogP contribution in [-0.2, 0) is 4.74 Å². The Morgan fingerprint density at radius 1 is 1.09 bits per heavy atom. The third kappa shape index (κ3) is 3.91. The molecule has 168 valence electrons. The van der Waals surface area contributed by atoms with Crippen LogP contribution in [0.25, 0.3) is 11.0 Å². The number of fused-ring (bicyclic) bond motifs is 2. The number of rotatable bonds is 7. The lowest BCUT2D eigenvalue weighted by Crippen LogP contribution is -2.31. The van der Waals surface area contributed by atoms with Crippen LogP contribution in [0.4, 0.5) is 0 Å². The summed E-state index contributed by atoms with van der Waals surface area (Å²) in [7, 11) is 1.61. The Labute approximate surface area is 187 Å². The Balaban J connectivity index is 1.84. The van der Waals surface area contributed by atoms with Gasteiger partial charge in [0.05, 0.1) is 30.2 Å². The molecule has 1 aliphatic rings. The van der Waals surface area contributed by atoms with Gasteiger partial charge in [0.1, 0.15) is 11.3 Å². The van der Waals surface area contributed by atoms with Crippen LogP contribution in [0.2, 0.25) is 0 Å². The Bertz CT molecular complexity index is 1210. The molecule has 1 unspecified atom stereocenters. The molecule has 1 aromatic heterocycles. The Kier molecular flexibility index (Phi) is 6.07. The Morgan fingerprint density at radius 2 is 1.81 bits per heavy atom. The summed E-state index contributed by atoms with van der Waals surface area (Å²) in [6.07, 6.45) is 0.787. The van der Waals surface area contributed by atoms with Gasteiger partial charge in [0, 0.05) is 13.2 Å². The quantitative estimate of drug-likeness (QED) is 0.500. The summed E-state index contributed by atoms with van der Waals surface area (Å²) in [5, 5.41) is 0.512. The molecule has 2 aromatic carbocycles. The standard InChI is InChI=1S/C26H29NO5/c1-15(2)31-12-6-11-27-22(18-7-9-19(30-5)10-8-18)21-23(28)20-14-16(3)13-17(4)24(20)32-25(21)26(27)29/h7-10,13-15,22H,6,11-12H2,1-5H3. The highest BCUT2D eigenvalue weighted by Gasteiger charge is 2.42. The zero-order valence-electron chi connectivity index (χ0n) is 19.2. The summed E-state index contributed by atoms with van der Waals surface area (Å²) in [5.41, 5.74) is 3.41. The number of carbonyl (C=O) groups excluding carboxylic acids is 1. The minimum absolute atomic E-state index is 0.124. The number of hydrogen-bond acceptors (Lipinski definition) is 5. The van der Waals surface area contributed by atoms with Gasteiger partial charge >= 0.3 is 0 Å². The van der Waals surface area contributed by atoms with Gasteiger partial charge in [-0.3, -0.25) is 9.59 Å². The van der Waals surface area contributed by atoms with Crippen LogP contribution in [0.1, 0.15) is 59.1 Å². The SMILES string of the molecule is COc1ccc(C2c3c(oc4c(C)cc(C)cc4c3=O)C(=O)N2CCCOC(C)C)cc1. The van der Waals surface area contributed by atoms with Crippen LogP contribution < -0.4 is 10.2 Å². The minimum atomic E-state index is -0.510. The van der Waals surface area contributed by atoms with Crippen molar-refractivity contribution < 1.29 is 18.7 Å². The third-order valence-electron chi connectivity index (χ3n) is 5.82. The van der Waals surface area contributed by atoms with Crippen LogP contribution in [-0.4, -0.2) is 37.2 Å². The van der Waals surface area contributed by atoms with Crippen LogP contribution in [0, 0.1) is 13.8 Å². The van der Waals surface area contributed by atoms with E-state index in [4.69, 9.17) is 13.9 Å². The molecule has 3 aromatic rings. The van der Waals surface area contributed by atoms with Gasteiger partial charge in [0.25, 0.3) is 5.91 Å². The molecule has 2 heterocycles. The van der Waals surface area contributed by atoms with Gasteiger partial charge in [-0.15, -0.1) is 0 Å². The molecule has 1 amide bonds. The lowest BCUT2D eigenvalue weighted by atomic mass is 9.97. The van der Waals surface area contributed by atoms with E-state index in [0.29, 0.717) is 41.9 Å². The van der Waals surface area contributed by atoms with Gasteiger partial charge in [-0.25, -0.2) is 0 Å². The van der Waals surface area contributed by atoms with Crippen molar-refractivity contribution in [2.24, 2.45) is 0 Å². The first-order chi connectivity index (χ1) is 15.3. The van der Waals surface area contributed by atoms with Gasteiger partial charge in [0.15, 0.2) is 5.43 Å². The van der Waals surface area contributed by atoms with Crippen molar-refractivity contribution >= 4 is 16.9 Å². The summed E-state index contributed by atoms with van der Waals surface area (Å²) in [4.78, 5) is 28.8. The number of carbonyl (C=O) groups is 1. The zero-order valence-corrected chi connectivity index (χ0v) is 19.2. The number of hydrogen-bond donors (Lipinski definition) is 0. The number of methoxy groups -OCH3 is 1. The van der Waals surface area contributed by atoms with Gasteiger partial charge < -0.3 is 18.8 Å². The van der Waals surface area contributed by atoms with Gasteiger partial charge in [0.2, 0.25) is 5.76 Å². The van der Waals surface area contributed by atoms with Crippen LogP contribution >= 0.6 is 0 Å². The molecule has 0 radical (unpaired) electrons. The van der Waals surface area contributed by atoms with E-state index in [0.717, 1.165) is 16.7 Å². The normalized spacial score (nSPS) is 15.6. The molecule has 32 heavy (non-hydrogen) atoms. The first-order valence-electron chi connectivity index (χ1n) is 11.0. The molecule has 6 nitrogen and oxygen atoms in total. The summed E-state index contributed by atoms with van der Waals surface area (Å²) < 4.78 is 17.1. The highest BCUT2D eigenvalue weighted by atomic mass is 16.5. The van der Waals surface area contributed by atoms with E-state index in [9.17, 15) is 9.59 Å². The second-order valence-electron chi connectivity index (χ2n) is 8.58. The molecular weight excluding hydrogens is 406 g/mol. The molecule has 0 saturated heterocycles. The zero-order chi connectivity index (χ0) is 23.0.